The molecule has 0 N–H and O–H groups in total. The van der Waals surface area contributed by atoms with Gasteiger partial charge in [-0.25, -0.2) is 8.96 Å². The number of fused-ring (bicyclic) bond motifs is 3. The maximum Gasteiger partial charge on any atom is 0.216 e. The molecule has 188 valence electrons. The van der Waals surface area contributed by atoms with E-state index in [0.29, 0.717) is 16.7 Å². The van der Waals surface area contributed by atoms with Gasteiger partial charge in [-0.2, -0.15) is 0 Å². The lowest BCUT2D eigenvalue weighted by atomic mass is 9.78. The van der Waals surface area contributed by atoms with Gasteiger partial charge in [0.25, 0.3) is 0 Å². The van der Waals surface area contributed by atoms with Crippen LogP contribution < -0.4 is 4.57 Å². The van der Waals surface area contributed by atoms with Gasteiger partial charge in [-0.1, -0.05) is 80.6 Å². The average molecular weight is 504 g/mol. The minimum Gasteiger partial charge on any atom is -0.454 e. The highest BCUT2D eigenvalue weighted by Crippen LogP contribution is 2.42. The zero-order valence-electron chi connectivity index (χ0n) is 25.0. The lowest BCUT2D eigenvalue weighted by Gasteiger charge is -2.26. The predicted molar refractivity (Wildman–Crippen MR) is 154 cm³/mol. The van der Waals surface area contributed by atoms with E-state index in [-0.39, 0.29) is 16.8 Å². The van der Waals surface area contributed by atoms with Crippen LogP contribution in [0.25, 0.3) is 44.3 Å². The van der Waals surface area contributed by atoms with Crippen LogP contribution in [0.2, 0.25) is 0 Å². The number of hydrogen-bond acceptors (Lipinski definition) is 1. The summed E-state index contributed by atoms with van der Waals surface area (Å²) < 4.78 is 47.7. The van der Waals surface area contributed by atoms with Crippen molar-refractivity contribution in [2.75, 3.05) is 0 Å². The van der Waals surface area contributed by atoms with Crippen LogP contribution in [-0.4, -0.2) is 0 Å². The van der Waals surface area contributed by atoms with Crippen molar-refractivity contribution < 1.29 is 17.5 Å². The Morgan fingerprint density at radius 2 is 1.45 bits per heavy atom. The molecule has 0 aliphatic heterocycles. The standard InChI is InChI=1S/C35H31FNO/c1-22-19-20-37(5)30(21-22)31-23(2)11-16-27-28-17-18-29(36)32(34(28)38-33(27)31)24-12-14-26(15-13-24)35(3,4)25-9-7-6-8-10-25/h6-21H,1-5H3/q+1/i1D3. The van der Waals surface area contributed by atoms with Gasteiger partial charge in [0.2, 0.25) is 5.69 Å². The minimum atomic E-state index is -2.24. The summed E-state index contributed by atoms with van der Waals surface area (Å²) in [6.45, 7) is 4.10. The summed E-state index contributed by atoms with van der Waals surface area (Å²) in [7, 11) is 1.88. The Bertz CT molecular complexity index is 1920. The number of aromatic nitrogens is 1. The van der Waals surface area contributed by atoms with Crippen molar-refractivity contribution in [1.29, 1.82) is 0 Å². The number of aryl methyl sites for hydroxylation is 3. The molecule has 6 rings (SSSR count). The number of halogens is 1. The molecule has 4 aromatic carbocycles. The number of pyridine rings is 1. The van der Waals surface area contributed by atoms with Crippen LogP contribution in [0.15, 0.2) is 102 Å². The number of benzene rings is 4. The fourth-order valence-electron chi connectivity index (χ4n) is 5.46. The van der Waals surface area contributed by atoms with Gasteiger partial charge in [-0.15, -0.1) is 0 Å². The molecule has 0 amide bonds. The first-order valence-electron chi connectivity index (χ1n) is 14.3. The van der Waals surface area contributed by atoms with E-state index in [2.05, 4.69) is 38.1 Å². The van der Waals surface area contributed by atoms with Crippen molar-refractivity contribution in [3.8, 4) is 22.4 Å². The van der Waals surface area contributed by atoms with E-state index >= 15 is 4.39 Å². The molecule has 3 heteroatoms. The first kappa shape index (κ1) is 20.8. The predicted octanol–water partition coefficient (Wildman–Crippen LogP) is 8.83. The van der Waals surface area contributed by atoms with Crippen molar-refractivity contribution in [2.45, 2.75) is 33.0 Å². The minimum absolute atomic E-state index is 0.213. The molecule has 0 aliphatic carbocycles. The third kappa shape index (κ3) is 3.81. The summed E-state index contributed by atoms with van der Waals surface area (Å²) in [4.78, 5) is 0. The van der Waals surface area contributed by atoms with E-state index < -0.39 is 6.85 Å². The van der Waals surface area contributed by atoms with Gasteiger partial charge in [-0.3, -0.25) is 0 Å². The number of rotatable bonds is 4. The summed E-state index contributed by atoms with van der Waals surface area (Å²) in [5.74, 6) is -0.361. The fourth-order valence-corrected chi connectivity index (χ4v) is 5.46. The summed E-state index contributed by atoms with van der Waals surface area (Å²) in [6, 6.07) is 28.9. The quantitative estimate of drug-likeness (QED) is 0.220. The molecule has 2 heterocycles. The smallest absolute Gasteiger partial charge is 0.216 e. The topological polar surface area (TPSA) is 17.0 Å². The summed E-state index contributed by atoms with van der Waals surface area (Å²) in [5, 5.41) is 1.66. The molecule has 0 saturated heterocycles. The highest BCUT2D eigenvalue weighted by molar-refractivity contribution is 6.13. The number of nitrogens with zero attached hydrogens (tertiary/aromatic N) is 1. The van der Waals surface area contributed by atoms with Crippen molar-refractivity contribution >= 4 is 21.9 Å². The second kappa shape index (κ2) is 8.95. The second-order valence-corrected chi connectivity index (χ2v) is 10.5. The van der Waals surface area contributed by atoms with E-state index in [4.69, 9.17) is 8.53 Å². The van der Waals surface area contributed by atoms with Crippen LogP contribution in [0.1, 0.15) is 40.2 Å². The van der Waals surface area contributed by atoms with E-state index in [1.165, 1.54) is 11.6 Å². The van der Waals surface area contributed by atoms with Crippen LogP contribution in [0.4, 0.5) is 4.39 Å². The lowest BCUT2D eigenvalue weighted by molar-refractivity contribution is -0.660. The van der Waals surface area contributed by atoms with Crippen molar-refractivity contribution in [3.63, 3.8) is 0 Å². The molecule has 2 nitrogen and oxygen atoms in total. The molecule has 38 heavy (non-hydrogen) atoms. The first-order chi connectivity index (χ1) is 19.5. The summed E-state index contributed by atoms with van der Waals surface area (Å²) in [6.07, 6.45) is 1.75. The Balaban J connectivity index is 1.54. The SMILES string of the molecule is [2H]C([2H])([2H])c1cc[n+](C)c(-c2c(C)ccc3c2oc2c(-c4ccc(C(C)(C)c5ccccc5)cc4)c(F)ccc23)c1. The molecule has 2 aromatic heterocycles. The molecule has 0 saturated carbocycles. The van der Waals surface area contributed by atoms with Crippen molar-refractivity contribution in [2.24, 2.45) is 7.05 Å². The molecule has 6 aromatic rings. The van der Waals surface area contributed by atoms with Gasteiger partial charge >= 0.3 is 0 Å². The van der Waals surface area contributed by atoms with Gasteiger partial charge in [-0.05, 0) is 53.7 Å². The Labute approximate surface area is 227 Å². The first-order valence-corrected chi connectivity index (χ1v) is 12.8. The van der Waals surface area contributed by atoms with Gasteiger partial charge in [0.1, 0.15) is 24.0 Å². The maximum absolute atomic E-state index is 15.6. The van der Waals surface area contributed by atoms with E-state index in [1.54, 1.807) is 24.4 Å². The van der Waals surface area contributed by atoms with Crippen LogP contribution in [0, 0.1) is 19.6 Å². The Morgan fingerprint density at radius 3 is 2.16 bits per heavy atom. The fraction of sp³-hybridized carbons (Fsp3) is 0.171. The normalized spacial score (nSPS) is 13.4. The van der Waals surface area contributed by atoms with Crippen LogP contribution in [0.3, 0.4) is 0 Å². The highest BCUT2D eigenvalue weighted by Gasteiger charge is 2.25. The molecular weight excluding hydrogens is 469 g/mol. The molecule has 0 bridgehead atoms. The monoisotopic (exact) mass is 503 g/mol. The van der Waals surface area contributed by atoms with Gasteiger partial charge in [0.05, 0.1) is 11.1 Å². The van der Waals surface area contributed by atoms with Gasteiger partial charge in [0, 0.05) is 32.4 Å². The average Bonchev–Trinajstić information content (AvgIpc) is 3.32. The van der Waals surface area contributed by atoms with E-state index in [9.17, 15) is 0 Å². The molecule has 0 fully saturated rings. The Morgan fingerprint density at radius 1 is 0.789 bits per heavy atom. The Hall–Kier alpha value is -4.24. The van der Waals surface area contributed by atoms with Gasteiger partial charge in [0.15, 0.2) is 6.20 Å². The van der Waals surface area contributed by atoms with E-state index in [1.807, 2.05) is 61.0 Å². The molecule has 0 atom stereocenters. The highest BCUT2D eigenvalue weighted by atomic mass is 19.1. The van der Waals surface area contributed by atoms with Crippen LogP contribution in [-0.2, 0) is 12.5 Å². The molecule has 0 unspecified atom stereocenters. The van der Waals surface area contributed by atoms with E-state index in [0.717, 1.165) is 38.7 Å². The summed E-state index contributed by atoms with van der Waals surface area (Å²) >= 11 is 0. The molecule has 0 aliphatic rings. The lowest BCUT2D eigenvalue weighted by Crippen LogP contribution is -2.30. The van der Waals surface area contributed by atoms with Crippen LogP contribution >= 0.6 is 0 Å². The Kier molecular flexibility index (Phi) is 4.89. The molecule has 0 spiro atoms. The van der Waals surface area contributed by atoms with Crippen LogP contribution in [0.5, 0.6) is 0 Å². The maximum atomic E-state index is 15.6. The number of hydrogen-bond donors (Lipinski definition) is 0. The summed E-state index contributed by atoms with van der Waals surface area (Å²) in [5.41, 5.74) is 7.03. The molecular formula is C35H31FNO+. The van der Waals surface area contributed by atoms with Gasteiger partial charge < -0.3 is 4.42 Å². The largest absolute Gasteiger partial charge is 0.454 e. The zero-order valence-corrected chi connectivity index (χ0v) is 22.0. The third-order valence-corrected chi connectivity index (χ3v) is 7.76. The molecule has 0 radical (unpaired) electrons. The van der Waals surface area contributed by atoms with Crippen molar-refractivity contribution in [1.82, 2.24) is 0 Å². The van der Waals surface area contributed by atoms with Crippen molar-refractivity contribution in [3.05, 3.63) is 125 Å². The third-order valence-electron chi connectivity index (χ3n) is 7.76. The zero-order chi connectivity index (χ0) is 29.1. The number of furan rings is 1. The second-order valence-electron chi connectivity index (χ2n) is 10.5.